The van der Waals surface area contributed by atoms with E-state index in [-0.39, 0.29) is 24.2 Å². The molecule has 0 aromatic heterocycles. The molecule has 1 aromatic carbocycles. The summed E-state index contributed by atoms with van der Waals surface area (Å²) in [5.41, 5.74) is -0.904. The van der Waals surface area contributed by atoms with Crippen molar-refractivity contribution < 1.29 is 27.9 Å². The molecule has 0 saturated carbocycles. The Balaban J connectivity index is 2.68. The molecule has 1 rings (SSSR count). The maximum absolute atomic E-state index is 12.4. The highest BCUT2D eigenvalue weighted by Crippen LogP contribution is 2.29. The van der Waals surface area contributed by atoms with Gasteiger partial charge in [-0.15, -0.1) is 0 Å². The van der Waals surface area contributed by atoms with Crippen LogP contribution in [0.15, 0.2) is 36.0 Å². The third-order valence-corrected chi connectivity index (χ3v) is 2.58. The minimum atomic E-state index is -4.45. The molecule has 1 amide bonds. The van der Waals surface area contributed by atoms with Gasteiger partial charge in [0.15, 0.2) is 0 Å². The number of amides is 1. The second-order valence-electron chi connectivity index (χ2n) is 4.29. The summed E-state index contributed by atoms with van der Waals surface area (Å²) in [7, 11) is 0. The molecule has 0 unspecified atom stereocenters. The van der Waals surface area contributed by atoms with Crippen LogP contribution < -0.4 is 10.6 Å². The smallest absolute Gasteiger partial charge is 0.416 e. The van der Waals surface area contributed by atoms with Gasteiger partial charge in [0.05, 0.1) is 12.0 Å². The first kappa shape index (κ1) is 18.0. The number of rotatable bonds is 6. The molecule has 23 heavy (non-hydrogen) atoms. The summed E-state index contributed by atoms with van der Waals surface area (Å²) >= 11 is 0. The highest BCUT2D eigenvalue weighted by atomic mass is 19.4. The van der Waals surface area contributed by atoms with Crippen LogP contribution in [0.4, 0.5) is 18.9 Å². The fraction of sp³-hybridized carbons (Fsp3) is 0.214. The molecule has 0 spiro atoms. The average Bonchev–Trinajstić information content (AvgIpc) is 2.47. The van der Waals surface area contributed by atoms with Crippen molar-refractivity contribution in [3.8, 4) is 6.07 Å². The zero-order chi connectivity index (χ0) is 17.5. The molecule has 9 heteroatoms. The van der Waals surface area contributed by atoms with Gasteiger partial charge in [0.1, 0.15) is 11.6 Å². The Hall–Kier alpha value is -3.02. The number of carbonyl (C=O) groups excluding carboxylic acids is 1. The van der Waals surface area contributed by atoms with Crippen molar-refractivity contribution >= 4 is 17.6 Å². The molecule has 0 radical (unpaired) electrons. The number of nitrogens with zero attached hydrogens (tertiary/aromatic N) is 1. The number of hydrogen-bond donors (Lipinski definition) is 3. The van der Waals surface area contributed by atoms with Crippen LogP contribution in [0.2, 0.25) is 0 Å². The van der Waals surface area contributed by atoms with E-state index in [1.165, 1.54) is 0 Å². The van der Waals surface area contributed by atoms with Crippen LogP contribution >= 0.6 is 0 Å². The lowest BCUT2D eigenvalue weighted by atomic mass is 10.2. The zero-order valence-electron chi connectivity index (χ0n) is 11.6. The number of alkyl halides is 3. The Labute approximate surface area is 129 Å². The van der Waals surface area contributed by atoms with Crippen molar-refractivity contribution in [3.63, 3.8) is 0 Å². The molecule has 3 N–H and O–H groups in total. The number of nitriles is 1. The number of hydrogen-bond acceptors (Lipinski definition) is 4. The second-order valence-corrected chi connectivity index (χ2v) is 4.29. The van der Waals surface area contributed by atoms with Gasteiger partial charge >= 0.3 is 12.1 Å². The van der Waals surface area contributed by atoms with Crippen LogP contribution in [0.1, 0.15) is 12.0 Å². The zero-order valence-corrected chi connectivity index (χ0v) is 11.6. The van der Waals surface area contributed by atoms with Crippen molar-refractivity contribution in [1.82, 2.24) is 5.32 Å². The molecule has 0 heterocycles. The van der Waals surface area contributed by atoms with E-state index in [9.17, 15) is 22.8 Å². The lowest BCUT2D eigenvalue weighted by Crippen LogP contribution is -2.27. The van der Waals surface area contributed by atoms with Gasteiger partial charge in [-0.2, -0.15) is 18.4 Å². The van der Waals surface area contributed by atoms with Crippen LogP contribution in [0.25, 0.3) is 0 Å². The Morgan fingerprint density at radius 1 is 1.26 bits per heavy atom. The minimum Gasteiger partial charge on any atom is -0.481 e. The van der Waals surface area contributed by atoms with E-state index in [4.69, 9.17) is 10.4 Å². The second kappa shape index (κ2) is 7.84. The van der Waals surface area contributed by atoms with E-state index in [1.54, 1.807) is 6.07 Å². The number of carboxylic acid groups (broad SMARTS) is 1. The van der Waals surface area contributed by atoms with Gasteiger partial charge in [-0.3, -0.25) is 9.59 Å². The quantitative estimate of drug-likeness (QED) is 0.549. The average molecular weight is 327 g/mol. The van der Waals surface area contributed by atoms with E-state index < -0.39 is 23.6 Å². The number of aliphatic carboxylic acids is 1. The number of halogens is 3. The molecular formula is C14H12F3N3O3. The van der Waals surface area contributed by atoms with Crippen LogP contribution in [0.3, 0.4) is 0 Å². The molecule has 0 aliphatic rings. The van der Waals surface area contributed by atoms with Crippen molar-refractivity contribution in [2.75, 3.05) is 11.9 Å². The molecule has 6 nitrogen and oxygen atoms in total. The SMILES string of the molecule is N#C/C(=C/Nc1ccc(C(F)(F)F)cc1)C(=O)NCCC(=O)O. The van der Waals surface area contributed by atoms with Gasteiger partial charge in [-0.1, -0.05) is 0 Å². The fourth-order valence-corrected chi connectivity index (χ4v) is 1.44. The number of carboxylic acids is 1. The predicted molar refractivity (Wildman–Crippen MR) is 74.0 cm³/mol. The molecule has 1 aromatic rings. The molecule has 0 atom stereocenters. The number of benzene rings is 1. The highest BCUT2D eigenvalue weighted by molar-refractivity contribution is 5.97. The van der Waals surface area contributed by atoms with Crippen molar-refractivity contribution in [2.24, 2.45) is 0 Å². The molecule has 0 saturated heterocycles. The first-order chi connectivity index (χ1) is 10.7. The maximum Gasteiger partial charge on any atom is 0.416 e. The summed E-state index contributed by atoms with van der Waals surface area (Å²) in [5.74, 6) is -1.89. The summed E-state index contributed by atoms with van der Waals surface area (Å²) < 4.78 is 37.2. The van der Waals surface area contributed by atoms with Crippen molar-refractivity contribution in [1.29, 1.82) is 5.26 Å². The Morgan fingerprint density at radius 2 is 1.87 bits per heavy atom. The van der Waals surface area contributed by atoms with Crippen LogP contribution in [0, 0.1) is 11.3 Å². The Bertz CT molecular complexity index is 646. The number of carbonyl (C=O) groups is 2. The first-order valence-electron chi connectivity index (χ1n) is 6.28. The van der Waals surface area contributed by atoms with Gasteiger partial charge < -0.3 is 15.7 Å². The lowest BCUT2D eigenvalue weighted by Gasteiger charge is -2.08. The predicted octanol–water partition coefficient (Wildman–Crippen LogP) is 2.12. The third-order valence-electron chi connectivity index (χ3n) is 2.58. The standard InChI is InChI=1S/C14H12F3N3O3/c15-14(16,17)10-1-3-11(4-2-10)20-8-9(7-18)13(23)19-6-5-12(21)22/h1-4,8,20H,5-6H2,(H,19,23)(H,21,22)/b9-8-. The van der Waals surface area contributed by atoms with E-state index >= 15 is 0 Å². The van der Waals surface area contributed by atoms with Gasteiger partial charge in [0.2, 0.25) is 0 Å². The van der Waals surface area contributed by atoms with Crippen LogP contribution in [0.5, 0.6) is 0 Å². The van der Waals surface area contributed by atoms with E-state index in [2.05, 4.69) is 10.6 Å². The van der Waals surface area contributed by atoms with Crippen LogP contribution in [-0.2, 0) is 15.8 Å². The molecular weight excluding hydrogens is 315 g/mol. The summed E-state index contributed by atoms with van der Waals surface area (Å²) in [6, 6.07) is 5.62. The maximum atomic E-state index is 12.4. The van der Waals surface area contributed by atoms with Crippen molar-refractivity contribution in [2.45, 2.75) is 12.6 Å². The third kappa shape index (κ3) is 6.09. The Kier molecular flexibility index (Phi) is 6.14. The monoisotopic (exact) mass is 327 g/mol. The number of nitrogens with one attached hydrogen (secondary N) is 2. The largest absolute Gasteiger partial charge is 0.481 e. The summed E-state index contributed by atoms with van der Waals surface area (Å²) in [5, 5.41) is 22.0. The van der Waals surface area contributed by atoms with Gasteiger partial charge in [0.25, 0.3) is 5.91 Å². The highest BCUT2D eigenvalue weighted by Gasteiger charge is 2.29. The summed E-state index contributed by atoms with van der Waals surface area (Å²) in [6.45, 7) is -0.145. The molecule has 0 bridgehead atoms. The lowest BCUT2D eigenvalue weighted by molar-refractivity contribution is -0.138. The molecule has 0 aliphatic carbocycles. The van der Waals surface area contributed by atoms with Crippen LogP contribution in [-0.4, -0.2) is 23.5 Å². The van der Waals surface area contributed by atoms with Gasteiger partial charge in [-0.25, -0.2) is 0 Å². The summed E-state index contributed by atoms with van der Waals surface area (Å²) in [4.78, 5) is 21.9. The summed E-state index contributed by atoms with van der Waals surface area (Å²) in [6.07, 6.45) is -3.72. The molecule has 0 aliphatic heterocycles. The van der Waals surface area contributed by atoms with E-state index in [0.717, 1.165) is 30.5 Å². The fourth-order valence-electron chi connectivity index (χ4n) is 1.44. The molecule has 0 fully saturated rings. The van der Waals surface area contributed by atoms with Gasteiger partial charge in [0, 0.05) is 18.4 Å². The number of anilines is 1. The normalized spacial score (nSPS) is 11.5. The van der Waals surface area contributed by atoms with Crippen molar-refractivity contribution in [3.05, 3.63) is 41.6 Å². The van der Waals surface area contributed by atoms with E-state index in [1.807, 2.05) is 0 Å². The van der Waals surface area contributed by atoms with Gasteiger partial charge in [-0.05, 0) is 24.3 Å². The Morgan fingerprint density at radius 3 is 2.35 bits per heavy atom. The van der Waals surface area contributed by atoms with E-state index in [0.29, 0.717) is 0 Å². The topological polar surface area (TPSA) is 102 Å². The molecule has 122 valence electrons. The minimum absolute atomic E-state index is 0.145. The first-order valence-corrected chi connectivity index (χ1v) is 6.28.